The van der Waals surface area contributed by atoms with Crippen LogP contribution in [0.4, 0.5) is 0 Å². The largest absolute Gasteiger partial charge is 0.351 e. The summed E-state index contributed by atoms with van der Waals surface area (Å²) < 4.78 is 0. The number of thiophene rings is 1. The molecule has 1 N–H and O–H groups in total. The molecule has 1 saturated carbocycles. The minimum absolute atomic E-state index is 0.0311. The molecular formula is C21H21NOS. The van der Waals surface area contributed by atoms with Crippen LogP contribution < -0.4 is 5.32 Å². The summed E-state index contributed by atoms with van der Waals surface area (Å²) >= 11 is 1.82. The summed E-state index contributed by atoms with van der Waals surface area (Å²) in [6, 6.07) is 18.4. The summed E-state index contributed by atoms with van der Waals surface area (Å²) in [6.45, 7) is 0.735. The van der Waals surface area contributed by atoms with Crippen molar-refractivity contribution in [2.24, 2.45) is 0 Å². The maximum Gasteiger partial charge on any atom is 0.251 e. The number of benzene rings is 2. The van der Waals surface area contributed by atoms with Gasteiger partial charge in [-0.3, -0.25) is 4.79 Å². The summed E-state index contributed by atoms with van der Waals surface area (Å²) in [4.78, 5) is 14.1. The normalized spacial score (nSPS) is 16.3. The molecule has 0 spiro atoms. The SMILES string of the molecule is O=C(NCC1(c2cccs2)CCCC1)c1ccc2ccccc2c1. The van der Waals surface area contributed by atoms with Crippen molar-refractivity contribution in [1.29, 1.82) is 0 Å². The molecule has 3 aromatic rings. The molecule has 1 amide bonds. The summed E-state index contributed by atoms with van der Waals surface area (Å²) in [6.07, 6.45) is 4.85. The van der Waals surface area contributed by atoms with E-state index in [9.17, 15) is 4.79 Å². The lowest BCUT2D eigenvalue weighted by Crippen LogP contribution is -2.38. The van der Waals surface area contributed by atoms with Crippen molar-refractivity contribution in [3.8, 4) is 0 Å². The summed E-state index contributed by atoms with van der Waals surface area (Å²) in [5.74, 6) is 0.0311. The summed E-state index contributed by atoms with van der Waals surface area (Å²) in [5.41, 5.74) is 0.883. The van der Waals surface area contributed by atoms with E-state index in [1.807, 2.05) is 41.7 Å². The average molecular weight is 335 g/mol. The molecule has 4 rings (SSSR count). The van der Waals surface area contributed by atoms with Crippen LogP contribution in [0.3, 0.4) is 0 Å². The Kier molecular flexibility index (Phi) is 4.11. The molecule has 2 nitrogen and oxygen atoms in total. The van der Waals surface area contributed by atoms with Crippen molar-refractivity contribution < 1.29 is 4.79 Å². The van der Waals surface area contributed by atoms with Gasteiger partial charge in [0.25, 0.3) is 5.91 Å². The number of nitrogens with one attached hydrogen (secondary N) is 1. The minimum atomic E-state index is 0.0311. The van der Waals surface area contributed by atoms with Gasteiger partial charge in [-0.2, -0.15) is 0 Å². The molecule has 0 atom stereocenters. The predicted molar refractivity (Wildman–Crippen MR) is 101 cm³/mol. The van der Waals surface area contributed by atoms with Gasteiger partial charge in [-0.05, 0) is 47.2 Å². The topological polar surface area (TPSA) is 29.1 Å². The van der Waals surface area contributed by atoms with E-state index in [1.165, 1.54) is 35.9 Å². The Hall–Kier alpha value is -2.13. The van der Waals surface area contributed by atoms with Crippen molar-refractivity contribution in [2.45, 2.75) is 31.1 Å². The van der Waals surface area contributed by atoms with E-state index in [0.717, 1.165) is 17.5 Å². The molecular weight excluding hydrogens is 314 g/mol. The van der Waals surface area contributed by atoms with Crippen LogP contribution in [0.2, 0.25) is 0 Å². The summed E-state index contributed by atoms with van der Waals surface area (Å²) in [7, 11) is 0. The van der Waals surface area contributed by atoms with Crippen LogP contribution in [0.5, 0.6) is 0 Å². The molecule has 1 heterocycles. The third-order valence-electron chi connectivity index (χ3n) is 5.20. The Morgan fingerprint density at radius 1 is 1.00 bits per heavy atom. The first-order valence-corrected chi connectivity index (χ1v) is 9.46. The van der Waals surface area contributed by atoms with E-state index in [0.29, 0.717) is 0 Å². The van der Waals surface area contributed by atoms with E-state index in [-0.39, 0.29) is 11.3 Å². The molecule has 0 aliphatic heterocycles. The van der Waals surface area contributed by atoms with Crippen LogP contribution in [-0.4, -0.2) is 12.5 Å². The standard InChI is InChI=1S/C21H21NOS/c23-20(18-10-9-16-6-1-2-7-17(16)14-18)22-15-21(11-3-4-12-21)19-8-5-13-24-19/h1-2,5-10,13-14H,3-4,11-12,15H2,(H,22,23). The van der Waals surface area contributed by atoms with Gasteiger partial charge in [0.15, 0.2) is 0 Å². The van der Waals surface area contributed by atoms with Gasteiger partial charge in [-0.1, -0.05) is 49.2 Å². The average Bonchev–Trinajstić information content (AvgIpc) is 3.31. The maximum absolute atomic E-state index is 12.6. The fourth-order valence-corrected chi connectivity index (χ4v) is 4.81. The highest BCUT2D eigenvalue weighted by atomic mass is 32.1. The number of hydrogen-bond donors (Lipinski definition) is 1. The Bertz CT molecular complexity index is 847. The fraction of sp³-hybridized carbons (Fsp3) is 0.286. The predicted octanol–water partition coefficient (Wildman–Crippen LogP) is 5.14. The van der Waals surface area contributed by atoms with Gasteiger partial charge in [0.05, 0.1) is 0 Å². The van der Waals surface area contributed by atoms with Crippen molar-refractivity contribution in [3.05, 3.63) is 70.4 Å². The number of hydrogen-bond acceptors (Lipinski definition) is 2. The molecule has 1 aliphatic rings. The van der Waals surface area contributed by atoms with Gasteiger partial charge in [-0.15, -0.1) is 11.3 Å². The van der Waals surface area contributed by atoms with E-state index < -0.39 is 0 Å². The lowest BCUT2D eigenvalue weighted by Gasteiger charge is -2.28. The number of amides is 1. The second kappa shape index (κ2) is 6.40. The van der Waals surface area contributed by atoms with Gasteiger partial charge >= 0.3 is 0 Å². The van der Waals surface area contributed by atoms with Gasteiger partial charge in [0.2, 0.25) is 0 Å². The second-order valence-electron chi connectivity index (χ2n) is 6.71. The van der Waals surface area contributed by atoms with Crippen LogP contribution in [0.15, 0.2) is 60.0 Å². The summed E-state index contributed by atoms with van der Waals surface area (Å²) in [5, 5.41) is 7.62. The minimum Gasteiger partial charge on any atom is -0.351 e. The van der Waals surface area contributed by atoms with Gasteiger partial charge < -0.3 is 5.32 Å². The van der Waals surface area contributed by atoms with Gasteiger partial charge in [0.1, 0.15) is 0 Å². The lowest BCUT2D eigenvalue weighted by molar-refractivity contribution is 0.0943. The van der Waals surface area contributed by atoms with Crippen molar-refractivity contribution >= 4 is 28.0 Å². The fourth-order valence-electron chi connectivity index (χ4n) is 3.82. The lowest BCUT2D eigenvalue weighted by atomic mass is 9.84. The highest BCUT2D eigenvalue weighted by Crippen LogP contribution is 2.42. The van der Waals surface area contributed by atoms with Crippen LogP contribution in [0.1, 0.15) is 40.9 Å². The zero-order valence-electron chi connectivity index (χ0n) is 13.6. The van der Waals surface area contributed by atoms with Crippen molar-refractivity contribution in [2.75, 3.05) is 6.54 Å². The van der Waals surface area contributed by atoms with Gasteiger partial charge in [-0.25, -0.2) is 0 Å². The molecule has 0 saturated heterocycles. The van der Waals surface area contributed by atoms with Crippen LogP contribution >= 0.6 is 11.3 Å². The Labute approximate surface area is 146 Å². The first-order valence-electron chi connectivity index (χ1n) is 8.58. The van der Waals surface area contributed by atoms with Crippen molar-refractivity contribution in [3.63, 3.8) is 0 Å². The number of rotatable bonds is 4. The Morgan fingerprint density at radius 2 is 1.79 bits per heavy atom. The molecule has 2 aromatic carbocycles. The molecule has 122 valence electrons. The highest BCUT2D eigenvalue weighted by Gasteiger charge is 2.36. The smallest absolute Gasteiger partial charge is 0.251 e. The van der Waals surface area contributed by atoms with Crippen molar-refractivity contribution in [1.82, 2.24) is 5.32 Å². The molecule has 0 radical (unpaired) electrons. The van der Waals surface area contributed by atoms with E-state index in [1.54, 1.807) is 0 Å². The number of fused-ring (bicyclic) bond motifs is 1. The quantitative estimate of drug-likeness (QED) is 0.702. The first kappa shape index (κ1) is 15.4. The Balaban J connectivity index is 1.52. The molecule has 1 aliphatic carbocycles. The Morgan fingerprint density at radius 3 is 2.54 bits per heavy atom. The van der Waals surface area contributed by atoms with Gasteiger partial charge in [0, 0.05) is 22.4 Å². The zero-order chi connectivity index (χ0) is 16.4. The molecule has 24 heavy (non-hydrogen) atoms. The molecule has 3 heteroatoms. The monoisotopic (exact) mass is 335 g/mol. The van der Waals surface area contributed by atoms with E-state index >= 15 is 0 Å². The maximum atomic E-state index is 12.6. The molecule has 1 aromatic heterocycles. The molecule has 0 unspecified atom stereocenters. The van der Waals surface area contributed by atoms with Crippen LogP contribution in [0.25, 0.3) is 10.8 Å². The molecule has 0 bridgehead atoms. The number of carbonyl (C=O) groups is 1. The van der Waals surface area contributed by atoms with E-state index in [2.05, 4.69) is 35.0 Å². The number of carbonyl (C=O) groups excluding carboxylic acids is 1. The highest BCUT2D eigenvalue weighted by molar-refractivity contribution is 7.10. The third kappa shape index (κ3) is 2.84. The van der Waals surface area contributed by atoms with Crippen LogP contribution in [-0.2, 0) is 5.41 Å². The van der Waals surface area contributed by atoms with Crippen LogP contribution in [0, 0.1) is 0 Å². The van der Waals surface area contributed by atoms with E-state index in [4.69, 9.17) is 0 Å². The first-order chi connectivity index (χ1) is 11.8. The molecule has 1 fully saturated rings. The third-order valence-corrected chi connectivity index (χ3v) is 6.32. The second-order valence-corrected chi connectivity index (χ2v) is 7.66. The zero-order valence-corrected chi connectivity index (χ0v) is 14.4.